The van der Waals surface area contributed by atoms with Gasteiger partial charge in [-0.15, -0.1) is 0 Å². The fourth-order valence-electron chi connectivity index (χ4n) is 1.55. The molecule has 0 fully saturated rings. The molecule has 2 rings (SSSR count). The van der Waals surface area contributed by atoms with Crippen LogP contribution in [0.4, 0.5) is 5.69 Å². The third-order valence-corrected chi connectivity index (χ3v) is 4.32. The zero-order valence-electron chi connectivity index (χ0n) is 10.3. The molecule has 7 nitrogen and oxygen atoms in total. The number of sulfonamides is 1. The van der Waals surface area contributed by atoms with Gasteiger partial charge in [0.1, 0.15) is 21.4 Å². The quantitative estimate of drug-likeness (QED) is 0.583. The Morgan fingerprint density at radius 2 is 2.00 bits per heavy atom. The van der Waals surface area contributed by atoms with E-state index in [2.05, 4.69) is 9.71 Å². The van der Waals surface area contributed by atoms with Crippen molar-refractivity contribution in [2.45, 2.75) is 4.90 Å². The number of aromatic hydroxyl groups is 1. The Balaban J connectivity index is 2.40. The van der Waals surface area contributed by atoms with Gasteiger partial charge < -0.3 is 10.2 Å². The van der Waals surface area contributed by atoms with E-state index in [0.717, 1.165) is 12.1 Å². The summed E-state index contributed by atoms with van der Waals surface area (Å²) in [6.45, 7) is 0. The molecule has 0 amide bonds. The molecule has 0 atom stereocenters. The van der Waals surface area contributed by atoms with Crippen molar-refractivity contribution in [1.29, 1.82) is 0 Å². The second-order valence-electron chi connectivity index (χ2n) is 3.93. The van der Waals surface area contributed by atoms with Crippen LogP contribution in [0.1, 0.15) is 10.4 Å². The molecule has 0 aliphatic heterocycles. The lowest BCUT2D eigenvalue weighted by Gasteiger charge is -2.10. The number of carboxylic acid groups (broad SMARTS) is 1. The summed E-state index contributed by atoms with van der Waals surface area (Å²) >= 11 is 5.72. The number of phenols is 1. The number of hydrogen-bond donors (Lipinski definition) is 3. The number of benzene rings is 1. The molecule has 2 aromatic rings. The SMILES string of the molecule is O=C(O)c1cc(NS(=O)(=O)c2cccnc2Cl)ccc1O. The van der Waals surface area contributed by atoms with Crippen molar-refractivity contribution in [3.63, 3.8) is 0 Å². The molecule has 0 spiro atoms. The highest BCUT2D eigenvalue weighted by molar-refractivity contribution is 7.92. The van der Waals surface area contributed by atoms with Crippen molar-refractivity contribution in [3.8, 4) is 5.75 Å². The molecule has 21 heavy (non-hydrogen) atoms. The van der Waals surface area contributed by atoms with Gasteiger partial charge in [0.25, 0.3) is 10.0 Å². The first-order valence-corrected chi connectivity index (χ1v) is 7.37. The Bertz CT molecular complexity index is 807. The molecule has 0 saturated heterocycles. The number of aromatic carboxylic acids is 1. The van der Waals surface area contributed by atoms with Crippen LogP contribution in [-0.4, -0.2) is 29.6 Å². The van der Waals surface area contributed by atoms with Crippen molar-refractivity contribution in [3.05, 3.63) is 47.2 Å². The third-order valence-electron chi connectivity index (χ3n) is 2.49. The van der Waals surface area contributed by atoms with Gasteiger partial charge in [0.15, 0.2) is 0 Å². The summed E-state index contributed by atoms with van der Waals surface area (Å²) in [5.74, 6) is -1.85. The number of halogens is 1. The second kappa shape index (κ2) is 5.58. The highest BCUT2D eigenvalue weighted by Crippen LogP contribution is 2.25. The van der Waals surface area contributed by atoms with E-state index in [4.69, 9.17) is 16.7 Å². The van der Waals surface area contributed by atoms with Crippen molar-refractivity contribution in [2.75, 3.05) is 4.72 Å². The van der Waals surface area contributed by atoms with Gasteiger partial charge in [-0.1, -0.05) is 11.6 Å². The number of carboxylic acids is 1. The minimum atomic E-state index is -4.02. The van der Waals surface area contributed by atoms with Crippen molar-refractivity contribution < 1.29 is 23.4 Å². The zero-order chi connectivity index (χ0) is 15.6. The molecule has 0 aliphatic rings. The fraction of sp³-hybridized carbons (Fsp3) is 0. The van der Waals surface area contributed by atoms with E-state index in [1.54, 1.807) is 0 Å². The summed E-state index contributed by atoms with van der Waals surface area (Å²) in [6, 6.07) is 5.96. The lowest BCUT2D eigenvalue weighted by Crippen LogP contribution is -2.14. The van der Waals surface area contributed by atoms with E-state index in [1.807, 2.05) is 0 Å². The molecule has 0 bridgehead atoms. The zero-order valence-corrected chi connectivity index (χ0v) is 11.9. The van der Waals surface area contributed by atoms with Crippen LogP contribution in [0.5, 0.6) is 5.75 Å². The summed E-state index contributed by atoms with van der Waals surface area (Å²) in [7, 11) is -4.02. The van der Waals surface area contributed by atoms with Gasteiger partial charge in [-0.3, -0.25) is 4.72 Å². The third kappa shape index (κ3) is 3.23. The predicted molar refractivity (Wildman–Crippen MR) is 75.1 cm³/mol. The minimum absolute atomic E-state index is 0.0230. The van der Waals surface area contributed by atoms with Crippen LogP contribution in [0.2, 0.25) is 5.15 Å². The number of rotatable bonds is 4. The monoisotopic (exact) mass is 328 g/mol. The van der Waals surface area contributed by atoms with Crippen LogP contribution in [0.3, 0.4) is 0 Å². The standard InChI is InChI=1S/C12H9ClN2O5S/c13-11-10(2-1-5-14-11)21(19,20)15-7-3-4-9(16)8(6-7)12(17)18/h1-6,15-16H,(H,17,18). The summed E-state index contributed by atoms with van der Waals surface area (Å²) in [4.78, 5) is 14.3. The van der Waals surface area contributed by atoms with Gasteiger partial charge in [0.05, 0.1) is 0 Å². The van der Waals surface area contributed by atoms with Gasteiger partial charge in [-0.25, -0.2) is 18.2 Å². The van der Waals surface area contributed by atoms with E-state index in [9.17, 15) is 18.3 Å². The second-order valence-corrected chi connectivity index (χ2v) is 5.94. The highest BCUT2D eigenvalue weighted by Gasteiger charge is 2.19. The smallest absolute Gasteiger partial charge is 0.339 e. The molecular formula is C12H9ClN2O5S. The molecule has 1 aromatic carbocycles. The van der Waals surface area contributed by atoms with E-state index in [0.29, 0.717) is 0 Å². The van der Waals surface area contributed by atoms with Crippen molar-refractivity contribution >= 4 is 33.3 Å². The Kier molecular flexibility index (Phi) is 4.01. The first kappa shape index (κ1) is 15.1. The normalized spacial score (nSPS) is 11.1. The van der Waals surface area contributed by atoms with E-state index < -0.39 is 27.3 Å². The molecule has 9 heteroatoms. The van der Waals surface area contributed by atoms with E-state index in [-0.39, 0.29) is 15.7 Å². The van der Waals surface area contributed by atoms with Gasteiger partial charge in [0, 0.05) is 11.9 Å². The molecule has 0 saturated carbocycles. The molecule has 1 aromatic heterocycles. The average molecular weight is 329 g/mol. The van der Waals surface area contributed by atoms with Gasteiger partial charge in [0.2, 0.25) is 0 Å². The average Bonchev–Trinajstić information content (AvgIpc) is 2.40. The van der Waals surface area contributed by atoms with E-state index in [1.165, 1.54) is 24.4 Å². The van der Waals surface area contributed by atoms with Crippen LogP contribution >= 0.6 is 11.6 Å². The molecular weight excluding hydrogens is 320 g/mol. The number of anilines is 1. The Morgan fingerprint density at radius 3 is 2.62 bits per heavy atom. The number of nitrogens with zero attached hydrogens (tertiary/aromatic N) is 1. The lowest BCUT2D eigenvalue weighted by molar-refractivity contribution is 0.0694. The number of hydrogen-bond acceptors (Lipinski definition) is 5. The molecule has 1 heterocycles. The van der Waals surface area contributed by atoms with Crippen LogP contribution in [0.15, 0.2) is 41.4 Å². The first-order chi connectivity index (χ1) is 9.81. The first-order valence-electron chi connectivity index (χ1n) is 5.51. The maximum atomic E-state index is 12.1. The Morgan fingerprint density at radius 1 is 1.29 bits per heavy atom. The summed E-state index contributed by atoms with van der Waals surface area (Å²) in [6.07, 6.45) is 1.34. The van der Waals surface area contributed by atoms with Crippen LogP contribution in [0.25, 0.3) is 0 Å². The van der Waals surface area contributed by atoms with Crippen molar-refractivity contribution in [2.24, 2.45) is 0 Å². The number of pyridine rings is 1. The molecule has 3 N–H and O–H groups in total. The minimum Gasteiger partial charge on any atom is -0.507 e. The summed E-state index contributed by atoms with van der Waals surface area (Å²) in [5.41, 5.74) is -0.447. The lowest BCUT2D eigenvalue weighted by atomic mass is 10.2. The van der Waals surface area contributed by atoms with Crippen LogP contribution in [-0.2, 0) is 10.0 Å². The maximum Gasteiger partial charge on any atom is 0.339 e. The highest BCUT2D eigenvalue weighted by atomic mass is 35.5. The maximum absolute atomic E-state index is 12.1. The van der Waals surface area contributed by atoms with Gasteiger partial charge >= 0.3 is 5.97 Å². The molecule has 0 aliphatic carbocycles. The van der Waals surface area contributed by atoms with Crippen LogP contribution in [0, 0.1) is 0 Å². The van der Waals surface area contributed by atoms with Crippen molar-refractivity contribution in [1.82, 2.24) is 4.98 Å². The molecule has 0 unspecified atom stereocenters. The largest absolute Gasteiger partial charge is 0.507 e. The molecule has 0 radical (unpaired) electrons. The Hall–Kier alpha value is -2.32. The van der Waals surface area contributed by atoms with Crippen LogP contribution < -0.4 is 4.72 Å². The number of carbonyl (C=O) groups is 1. The molecule has 110 valence electrons. The summed E-state index contributed by atoms with van der Waals surface area (Å²) in [5, 5.41) is 18.1. The predicted octanol–water partition coefficient (Wildman–Crippen LogP) is 1.94. The number of nitrogens with one attached hydrogen (secondary N) is 1. The van der Waals surface area contributed by atoms with Gasteiger partial charge in [-0.2, -0.15) is 0 Å². The Labute approximate surface area is 124 Å². The fourth-order valence-corrected chi connectivity index (χ4v) is 3.06. The van der Waals surface area contributed by atoms with E-state index >= 15 is 0 Å². The topological polar surface area (TPSA) is 117 Å². The summed E-state index contributed by atoms with van der Waals surface area (Å²) < 4.78 is 26.5. The number of aromatic nitrogens is 1. The van der Waals surface area contributed by atoms with Gasteiger partial charge in [-0.05, 0) is 30.3 Å².